The molecule has 0 bridgehead atoms. The van der Waals surface area contributed by atoms with Crippen LogP contribution in [-0.2, 0) is 4.74 Å². The lowest BCUT2D eigenvalue weighted by Crippen LogP contribution is -2.28. The number of benzene rings is 1. The predicted octanol–water partition coefficient (Wildman–Crippen LogP) is 5.42. The second kappa shape index (κ2) is 6.41. The molecule has 1 atom stereocenters. The van der Waals surface area contributed by atoms with Crippen molar-refractivity contribution in [3.63, 3.8) is 0 Å². The van der Waals surface area contributed by atoms with Crippen molar-refractivity contribution < 1.29 is 4.74 Å². The summed E-state index contributed by atoms with van der Waals surface area (Å²) in [5, 5.41) is 0.871. The molecular formula is C17H25BrO. The number of ether oxygens (including phenoxy) is 1. The first-order valence-electron chi connectivity index (χ1n) is 7.28. The molecule has 0 heterocycles. The quantitative estimate of drug-likeness (QED) is 0.672. The normalized spacial score (nSPS) is 21.3. The third-order valence-electron chi connectivity index (χ3n) is 4.20. The van der Waals surface area contributed by atoms with Crippen molar-refractivity contribution in [3.05, 3.63) is 35.4 Å². The zero-order chi connectivity index (χ0) is 13.9. The van der Waals surface area contributed by atoms with Crippen LogP contribution in [0, 0.1) is 12.3 Å². The van der Waals surface area contributed by atoms with E-state index in [1.165, 1.54) is 36.8 Å². The van der Waals surface area contributed by atoms with Crippen LogP contribution in [0.25, 0.3) is 0 Å². The minimum absolute atomic E-state index is 0.186. The maximum absolute atomic E-state index is 6.33. The highest BCUT2D eigenvalue weighted by Gasteiger charge is 2.28. The van der Waals surface area contributed by atoms with E-state index in [1.54, 1.807) is 0 Å². The Kier molecular flexibility index (Phi) is 5.08. The molecule has 0 amide bonds. The second-order valence-electron chi connectivity index (χ2n) is 6.56. The fourth-order valence-electron chi connectivity index (χ4n) is 2.82. The third-order valence-corrected chi connectivity index (χ3v) is 4.79. The van der Waals surface area contributed by atoms with Crippen LogP contribution in [-0.4, -0.2) is 11.4 Å². The van der Waals surface area contributed by atoms with E-state index in [0.717, 1.165) is 5.33 Å². The average Bonchev–Trinajstić information content (AvgIpc) is 2.37. The number of hydrogen-bond acceptors (Lipinski definition) is 1. The van der Waals surface area contributed by atoms with E-state index in [0.29, 0.717) is 11.5 Å². The Hall–Kier alpha value is -0.340. The molecule has 0 aromatic heterocycles. The summed E-state index contributed by atoms with van der Waals surface area (Å²) in [4.78, 5) is 0. The number of halogens is 1. The van der Waals surface area contributed by atoms with E-state index < -0.39 is 0 Å². The fraction of sp³-hybridized carbons (Fsp3) is 0.647. The van der Waals surface area contributed by atoms with Gasteiger partial charge >= 0.3 is 0 Å². The van der Waals surface area contributed by atoms with Gasteiger partial charge in [0.25, 0.3) is 0 Å². The molecule has 0 aliphatic heterocycles. The van der Waals surface area contributed by atoms with Crippen LogP contribution in [0.5, 0.6) is 0 Å². The van der Waals surface area contributed by atoms with Gasteiger partial charge in [-0.05, 0) is 43.6 Å². The van der Waals surface area contributed by atoms with Crippen LogP contribution in [0.1, 0.15) is 56.8 Å². The van der Waals surface area contributed by atoms with Crippen LogP contribution in [0.2, 0.25) is 0 Å². The summed E-state index contributed by atoms with van der Waals surface area (Å²) in [5.74, 6) is 0. The van der Waals surface area contributed by atoms with Crippen LogP contribution in [0.4, 0.5) is 0 Å². The molecule has 2 rings (SSSR count). The zero-order valence-electron chi connectivity index (χ0n) is 12.3. The molecule has 0 saturated heterocycles. The van der Waals surface area contributed by atoms with Gasteiger partial charge in [0.2, 0.25) is 0 Å². The maximum Gasteiger partial charge on any atom is 0.0925 e. The van der Waals surface area contributed by atoms with Gasteiger partial charge in [0, 0.05) is 5.33 Å². The lowest BCUT2D eigenvalue weighted by atomic mass is 9.76. The highest BCUT2D eigenvalue weighted by molar-refractivity contribution is 9.09. The van der Waals surface area contributed by atoms with Crippen molar-refractivity contribution in [2.75, 3.05) is 5.33 Å². The molecule has 106 valence electrons. The summed E-state index contributed by atoms with van der Waals surface area (Å²) in [6.45, 7) is 6.87. The first-order valence-corrected chi connectivity index (χ1v) is 8.40. The SMILES string of the molecule is Cc1cccc(C(CBr)OC2CCC(C)(C)CC2)c1. The van der Waals surface area contributed by atoms with Gasteiger partial charge in [-0.3, -0.25) is 0 Å². The smallest absolute Gasteiger partial charge is 0.0925 e. The Balaban J connectivity index is 1.97. The number of alkyl halides is 1. The molecule has 1 aliphatic carbocycles. The molecule has 0 N–H and O–H groups in total. The van der Waals surface area contributed by atoms with E-state index >= 15 is 0 Å². The monoisotopic (exact) mass is 324 g/mol. The highest BCUT2D eigenvalue weighted by Crippen LogP contribution is 2.38. The van der Waals surface area contributed by atoms with Gasteiger partial charge in [0.1, 0.15) is 0 Å². The van der Waals surface area contributed by atoms with Crippen LogP contribution < -0.4 is 0 Å². The molecular weight excluding hydrogens is 300 g/mol. The molecule has 1 nitrogen and oxygen atoms in total. The van der Waals surface area contributed by atoms with Gasteiger partial charge in [-0.2, -0.15) is 0 Å². The van der Waals surface area contributed by atoms with E-state index in [2.05, 4.69) is 61.0 Å². The van der Waals surface area contributed by atoms with Crippen LogP contribution in [0.15, 0.2) is 24.3 Å². The minimum Gasteiger partial charge on any atom is -0.369 e. The summed E-state index contributed by atoms with van der Waals surface area (Å²) in [7, 11) is 0. The van der Waals surface area contributed by atoms with Crippen molar-refractivity contribution in [3.8, 4) is 0 Å². The summed E-state index contributed by atoms with van der Waals surface area (Å²) in [6, 6.07) is 8.66. The molecule has 0 radical (unpaired) electrons. The van der Waals surface area contributed by atoms with Crippen molar-refractivity contribution in [1.82, 2.24) is 0 Å². The first-order chi connectivity index (χ1) is 9.00. The minimum atomic E-state index is 0.186. The van der Waals surface area contributed by atoms with Gasteiger partial charge < -0.3 is 4.74 Å². The van der Waals surface area contributed by atoms with Crippen molar-refractivity contribution in [2.45, 2.75) is 58.7 Å². The Labute approximate surface area is 125 Å². The van der Waals surface area contributed by atoms with Crippen LogP contribution in [0.3, 0.4) is 0 Å². The number of rotatable bonds is 4. The van der Waals surface area contributed by atoms with Crippen molar-refractivity contribution in [2.24, 2.45) is 5.41 Å². The topological polar surface area (TPSA) is 9.23 Å². The molecule has 1 fully saturated rings. The van der Waals surface area contributed by atoms with E-state index in [9.17, 15) is 0 Å². The Morgan fingerprint density at radius 2 is 2.00 bits per heavy atom. The second-order valence-corrected chi connectivity index (χ2v) is 7.20. The Bertz CT molecular complexity index is 403. The lowest BCUT2D eigenvalue weighted by Gasteiger charge is -2.35. The standard InChI is InChI=1S/C17H25BrO/c1-13-5-4-6-14(11-13)16(12-18)19-15-7-9-17(2,3)10-8-15/h4-6,11,15-16H,7-10,12H2,1-3H3. The first kappa shape index (κ1) is 15.1. The van der Waals surface area contributed by atoms with Crippen molar-refractivity contribution >= 4 is 15.9 Å². The van der Waals surface area contributed by atoms with Gasteiger partial charge in [-0.25, -0.2) is 0 Å². The van der Waals surface area contributed by atoms with E-state index in [4.69, 9.17) is 4.74 Å². The molecule has 1 unspecified atom stereocenters. The number of aryl methyl sites for hydroxylation is 1. The molecule has 1 saturated carbocycles. The van der Waals surface area contributed by atoms with E-state index in [1.807, 2.05) is 0 Å². The summed E-state index contributed by atoms with van der Waals surface area (Å²) >= 11 is 3.60. The molecule has 19 heavy (non-hydrogen) atoms. The predicted molar refractivity (Wildman–Crippen MR) is 84.8 cm³/mol. The van der Waals surface area contributed by atoms with E-state index in [-0.39, 0.29) is 6.10 Å². The number of hydrogen-bond donors (Lipinski definition) is 0. The summed E-state index contributed by atoms with van der Waals surface area (Å²) in [5.41, 5.74) is 3.10. The Morgan fingerprint density at radius 1 is 1.32 bits per heavy atom. The molecule has 1 aromatic rings. The fourth-order valence-corrected chi connectivity index (χ4v) is 3.34. The zero-order valence-corrected chi connectivity index (χ0v) is 13.9. The maximum atomic E-state index is 6.33. The lowest BCUT2D eigenvalue weighted by molar-refractivity contribution is -0.0364. The molecule has 0 spiro atoms. The average molecular weight is 325 g/mol. The largest absolute Gasteiger partial charge is 0.369 e. The van der Waals surface area contributed by atoms with Gasteiger partial charge in [0.15, 0.2) is 0 Å². The van der Waals surface area contributed by atoms with Gasteiger partial charge in [0.05, 0.1) is 12.2 Å². The van der Waals surface area contributed by atoms with Gasteiger partial charge in [-0.15, -0.1) is 0 Å². The molecule has 1 aliphatic rings. The van der Waals surface area contributed by atoms with Crippen molar-refractivity contribution in [1.29, 1.82) is 0 Å². The Morgan fingerprint density at radius 3 is 2.58 bits per heavy atom. The summed E-state index contributed by atoms with van der Waals surface area (Å²) < 4.78 is 6.33. The van der Waals surface area contributed by atoms with Crippen LogP contribution >= 0.6 is 15.9 Å². The third kappa shape index (κ3) is 4.32. The van der Waals surface area contributed by atoms with Gasteiger partial charge in [-0.1, -0.05) is 59.6 Å². The highest BCUT2D eigenvalue weighted by atomic mass is 79.9. The summed E-state index contributed by atoms with van der Waals surface area (Å²) in [6.07, 6.45) is 5.56. The molecule has 1 aromatic carbocycles. The molecule has 2 heteroatoms.